The maximum Gasteiger partial charge on any atom is 0.268 e. The van der Waals surface area contributed by atoms with Crippen LogP contribution < -0.4 is 16.0 Å². The monoisotopic (exact) mass is 432 g/mol. The van der Waals surface area contributed by atoms with E-state index in [2.05, 4.69) is 33.1 Å². The molecule has 2 aliphatic rings. The van der Waals surface area contributed by atoms with Crippen LogP contribution in [0, 0.1) is 12.8 Å². The number of carbonyl (C=O) groups is 2. The Morgan fingerprint density at radius 3 is 2.88 bits per heavy atom. The summed E-state index contributed by atoms with van der Waals surface area (Å²) in [4.78, 5) is 29.3. The van der Waals surface area contributed by atoms with Crippen molar-refractivity contribution >= 4 is 22.7 Å². The van der Waals surface area contributed by atoms with Crippen molar-refractivity contribution in [1.29, 1.82) is 0 Å². The maximum atomic E-state index is 13.1. The van der Waals surface area contributed by atoms with Gasteiger partial charge in [-0.2, -0.15) is 0 Å². The molecule has 1 aliphatic heterocycles. The fraction of sp³-hybridized carbons (Fsp3) is 0.360. The first-order valence-electron chi connectivity index (χ1n) is 11.2. The highest BCUT2D eigenvalue weighted by Gasteiger charge is 2.36. The number of fused-ring (bicyclic) bond motifs is 2. The Morgan fingerprint density at radius 1 is 1.09 bits per heavy atom. The third-order valence-corrected chi connectivity index (χ3v) is 6.37. The molecule has 3 atom stereocenters. The van der Waals surface area contributed by atoms with Crippen molar-refractivity contribution in [3.05, 3.63) is 70.9 Å². The van der Waals surface area contributed by atoms with Crippen LogP contribution in [0.15, 0.2) is 48.5 Å². The Morgan fingerprint density at radius 2 is 1.97 bits per heavy atom. The van der Waals surface area contributed by atoms with Crippen LogP contribution in [0.3, 0.4) is 0 Å². The molecule has 2 aromatic carbocycles. The zero-order valence-corrected chi connectivity index (χ0v) is 18.1. The van der Waals surface area contributed by atoms with Gasteiger partial charge < -0.3 is 25.7 Å². The molecule has 1 saturated heterocycles. The van der Waals surface area contributed by atoms with Crippen LogP contribution in [0.2, 0.25) is 0 Å². The molecule has 32 heavy (non-hydrogen) atoms. The number of aryl methyl sites for hydroxylation is 1. The van der Waals surface area contributed by atoms with Gasteiger partial charge in [-0.3, -0.25) is 9.59 Å². The SMILES string of the molecule is Cc1ccc2[nH]c(C(=O)N[C@H]3Cc4ccccc4[C@@H]3NC(=O)[C@@H]3CNCCOC3)cc2c1. The van der Waals surface area contributed by atoms with Crippen LogP contribution in [-0.2, 0) is 16.0 Å². The highest BCUT2D eigenvalue weighted by molar-refractivity contribution is 5.98. The lowest BCUT2D eigenvalue weighted by Gasteiger charge is -2.25. The van der Waals surface area contributed by atoms with Gasteiger partial charge in [-0.15, -0.1) is 0 Å². The van der Waals surface area contributed by atoms with Crippen LogP contribution in [-0.4, -0.2) is 49.1 Å². The minimum atomic E-state index is -0.280. The van der Waals surface area contributed by atoms with E-state index in [4.69, 9.17) is 4.74 Å². The lowest BCUT2D eigenvalue weighted by Crippen LogP contribution is -2.47. The van der Waals surface area contributed by atoms with Crippen molar-refractivity contribution in [3.63, 3.8) is 0 Å². The predicted molar refractivity (Wildman–Crippen MR) is 122 cm³/mol. The zero-order chi connectivity index (χ0) is 22.1. The molecule has 1 aliphatic carbocycles. The molecule has 1 fully saturated rings. The number of nitrogens with one attached hydrogen (secondary N) is 4. The summed E-state index contributed by atoms with van der Waals surface area (Å²) in [5, 5.41) is 10.6. The quantitative estimate of drug-likeness (QED) is 0.509. The molecule has 2 heterocycles. The lowest BCUT2D eigenvalue weighted by molar-refractivity contribution is -0.127. The van der Waals surface area contributed by atoms with E-state index in [0.717, 1.165) is 34.1 Å². The molecule has 2 amide bonds. The van der Waals surface area contributed by atoms with E-state index in [-0.39, 0.29) is 29.8 Å². The molecule has 1 aromatic heterocycles. The average Bonchev–Trinajstić information content (AvgIpc) is 3.23. The molecular weight excluding hydrogens is 404 g/mol. The van der Waals surface area contributed by atoms with E-state index >= 15 is 0 Å². The summed E-state index contributed by atoms with van der Waals surface area (Å²) in [7, 11) is 0. The van der Waals surface area contributed by atoms with Crippen LogP contribution in [0.25, 0.3) is 10.9 Å². The number of hydrogen-bond acceptors (Lipinski definition) is 4. The maximum absolute atomic E-state index is 13.1. The number of ether oxygens (including phenoxy) is 1. The largest absolute Gasteiger partial charge is 0.379 e. The zero-order valence-electron chi connectivity index (χ0n) is 18.1. The van der Waals surface area contributed by atoms with Gasteiger partial charge in [-0.05, 0) is 42.7 Å². The summed E-state index contributed by atoms with van der Waals surface area (Å²) < 4.78 is 5.55. The Balaban J connectivity index is 1.35. The van der Waals surface area contributed by atoms with Gasteiger partial charge in [-0.25, -0.2) is 0 Å². The van der Waals surface area contributed by atoms with Gasteiger partial charge in [0.15, 0.2) is 0 Å². The number of benzene rings is 2. The summed E-state index contributed by atoms with van der Waals surface area (Å²) in [5.41, 5.74) is 4.80. The number of rotatable bonds is 4. The van der Waals surface area contributed by atoms with Crippen LogP contribution in [0.1, 0.15) is 33.2 Å². The predicted octanol–water partition coefficient (Wildman–Crippen LogP) is 2.22. The molecule has 0 unspecified atom stereocenters. The van der Waals surface area contributed by atoms with E-state index in [9.17, 15) is 9.59 Å². The van der Waals surface area contributed by atoms with Crippen LogP contribution in [0.5, 0.6) is 0 Å². The van der Waals surface area contributed by atoms with Crippen molar-refractivity contribution in [2.45, 2.75) is 25.4 Å². The van der Waals surface area contributed by atoms with Gasteiger partial charge in [0.1, 0.15) is 5.69 Å². The third-order valence-electron chi connectivity index (χ3n) is 6.37. The molecule has 0 spiro atoms. The highest BCUT2D eigenvalue weighted by atomic mass is 16.5. The molecule has 0 saturated carbocycles. The van der Waals surface area contributed by atoms with Crippen molar-refractivity contribution in [3.8, 4) is 0 Å². The Labute approximate surface area is 186 Å². The molecule has 7 heteroatoms. The average molecular weight is 433 g/mol. The van der Waals surface area contributed by atoms with Gasteiger partial charge in [0.05, 0.1) is 31.2 Å². The van der Waals surface area contributed by atoms with Gasteiger partial charge in [0.25, 0.3) is 5.91 Å². The van der Waals surface area contributed by atoms with Gasteiger partial charge in [0, 0.05) is 24.0 Å². The molecule has 7 nitrogen and oxygen atoms in total. The minimum Gasteiger partial charge on any atom is -0.379 e. The molecule has 0 radical (unpaired) electrons. The summed E-state index contributed by atoms with van der Waals surface area (Å²) in [6.45, 7) is 4.38. The van der Waals surface area contributed by atoms with Gasteiger partial charge in [0.2, 0.25) is 5.91 Å². The molecule has 166 valence electrons. The smallest absolute Gasteiger partial charge is 0.268 e. The number of carbonyl (C=O) groups excluding carboxylic acids is 2. The Bertz CT molecular complexity index is 1150. The fourth-order valence-electron chi connectivity index (χ4n) is 4.67. The normalized spacial score (nSPS) is 22.8. The first-order valence-corrected chi connectivity index (χ1v) is 11.2. The fourth-order valence-corrected chi connectivity index (χ4v) is 4.67. The van der Waals surface area contributed by atoms with Crippen LogP contribution in [0.4, 0.5) is 0 Å². The number of aromatic amines is 1. The van der Waals surface area contributed by atoms with Crippen molar-refractivity contribution in [2.24, 2.45) is 5.92 Å². The number of hydrogen-bond donors (Lipinski definition) is 4. The molecule has 3 aromatic rings. The number of amides is 2. The summed E-state index contributed by atoms with van der Waals surface area (Å²) in [6, 6.07) is 15.5. The second kappa shape index (κ2) is 8.76. The van der Waals surface area contributed by atoms with Gasteiger partial charge in [-0.1, -0.05) is 35.9 Å². The second-order valence-electron chi connectivity index (χ2n) is 8.72. The first kappa shape index (κ1) is 20.7. The van der Waals surface area contributed by atoms with Crippen molar-refractivity contribution in [2.75, 3.05) is 26.3 Å². The molecular formula is C25H28N4O3. The van der Waals surface area contributed by atoms with E-state index in [1.54, 1.807) is 0 Å². The Hall–Kier alpha value is -3.16. The highest BCUT2D eigenvalue weighted by Crippen LogP contribution is 2.32. The van der Waals surface area contributed by atoms with Crippen molar-refractivity contribution in [1.82, 2.24) is 20.9 Å². The summed E-state index contributed by atoms with van der Waals surface area (Å²) in [5.74, 6) is -0.477. The van der Waals surface area contributed by atoms with E-state index in [1.165, 1.54) is 0 Å². The van der Waals surface area contributed by atoms with Gasteiger partial charge >= 0.3 is 0 Å². The van der Waals surface area contributed by atoms with E-state index < -0.39 is 0 Å². The first-order chi connectivity index (χ1) is 15.6. The lowest BCUT2D eigenvalue weighted by atomic mass is 10.0. The number of aromatic nitrogens is 1. The van der Waals surface area contributed by atoms with Crippen molar-refractivity contribution < 1.29 is 14.3 Å². The molecule has 5 rings (SSSR count). The Kier molecular flexibility index (Phi) is 5.68. The summed E-state index contributed by atoms with van der Waals surface area (Å²) >= 11 is 0. The van der Waals surface area contributed by atoms with E-state index in [0.29, 0.717) is 31.9 Å². The topological polar surface area (TPSA) is 95.3 Å². The van der Waals surface area contributed by atoms with E-state index in [1.807, 2.05) is 43.3 Å². The molecule has 4 N–H and O–H groups in total. The number of H-pyrrole nitrogens is 1. The second-order valence-corrected chi connectivity index (χ2v) is 8.72. The molecule has 0 bridgehead atoms. The third kappa shape index (κ3) is 4.13. The summed E-state index contributed by atoms with van der Waals surface area (Å²) in [6.07, 6.45) is 0.672. The minimum absolute atomic E-state index is 0.0542. The standard InChI is InChI=1S/C25H28N4O3/c1-15-6-7-20-17(10-15)12-22(27-20)25(31)28-21-11-16-4-2-3-5-19(16)23(21)29-24(30)18-13-26-8-9-32-14-18/h2-7,10,12,18,21,23,26-27H,8-9,11,13-14H2,1H3,(H,28,31)(H,29,30)/t18-,21+,23+/m1/s1. The van der Waals surface area contributed by atoms with Crippen LogP contribution >= 0.6 is 0 Å².